The Balaban J connectivity index is 1.40. The first-order valence-corrected chi connectivity index (χ1v) is 12.6. The van der Waals surface area contributed by atoms with Crippen molar-refractivity contribution in [3.8, 4) is 0 Å². The van der Waals surface area contributed by atoms with Crippen LogP contribution in [0.1, 0.15) is 53.3 Å². The minimum absolute atomic E-state index is 0.0494. The lowest BCUT2D eigenvalue weighted by Gasteiger charge is -2.24. The molecule has 3 N–H and O–H groups in total. The van der Waals surface area contributed by atoms with E-state index in [2.05, 4.69) is 15.4 Å². The number of hydrogen-bond donors (Lipinski definition) is 3. The summed E-state index contributed by atoms with van der Waals surface area (Å²) in [5, 5.41) is 5.43. The van der Waals surface area contributed by atoms with Crippen LogP contribution in [-0.2, 0) is 19.6 Å². The van der Waals surface area contributed by atoms with E-state index in [0.29, 0.717) is 22.4 Å². The smallest absolute Gasteiger partial charge is 0.255 e. The number of nitrogens with one attached hydrogen (secondary N) is 3. The molecule has 1 fully saturated rings. The highest BCUT2D eigenvalue weighted by molar-refractivity contribution is 7.92. The molecule has 33 heavy (non-hydrogen) atoms. The standard InChI is InChI=1S/C23H26N4O5S/c1-14(16-7-5-6-10-19(16)26-33(2,31)32)25-20(28)13-24-22(29)21-17-8-3-4-9-18(17)23(30)27(21)15-11-12-15/h3-10,14-15,21,26H,11-13H2,1-2H3,(H,24,29)(H,25,28). The number of para-hydroxylation sites is 1. The van der Waals surface area contributed by atoms with Gasteiger partial charge in [0.1, 0.15) is 6.04 Å². The maximum atomic E-state index is 13.0. The van der Waals surface area contributed by atoms with Gasteiger partial charge in [-0.25, -0.2) is 8.42 Å². The molecule has 1 aliphatic heterocycles. The van der Waals surface area contributed by atoms with Crippen LogP contribution in [0.25, 0.3) is 0 Å². The van der Waals surface area contributed by atoms with Crippen LogP contribution < -0.4 is 15.4 Å². The van der Waals surface area contributed by atoms with Crippen LogP contribution >= 0.6 is 0 Å². The molecule has 0 spiro atoms. The molecular formula is C23H26N4O5S. The third kappa shape index (κ3) is 5.00. The summed E-state index contributed by atoms with van der Waals surface area (Å²) in [7, 11) is -3.48. The highest BCUT2D eigenvalue weighted by Gasteiger charge is 2.47. The minimum Gasteiger partial charge on any atom is -0.348 e. The third-order valence-electron chi connectivity index (χ3n) is 5.71. The Hall–Kier alpha value is -3.40. The van der Waals surface area contributed by atoms with Crippen LogP contribution in [0.4, 0.5) is 5.69 Å². The lowest BCUT2D eigenvalue weighted by molar-refractivity contribution is -0.129. The van der Waals surface area contributed by atoms with Crippen molar-refractivity contribution in [3.63, 3.8) is 0 Å². The molecule has 174 valence electrons. The van der Waals surface area contributed by atoms with Gasteiger partial charge in [0.15, 0.2) is 0 Å². The number of sulfonamides is 1. The van der Waals surface area contributed by atoms with E-state index in [9.17, 15) is 22.8 Å². The predicted octanol–water partition coefficient (Wildman–Crippen LogP) is 1.71. The Kier molecular flexibility index (Phi) is 6.11. The molecule has 10 heteroatoms. The number of fused-ring (bicyclic) bond motifs is 1. The summed E-state index contributed by atoms with van der Waals surface area (Å²) in [6, 6.07) is 12.6. The molecule has 2 atom stereocenters. The van der Waals surface area contributed by atoms with Gasteiger partial charge >= 0.3 is 0 Å². The van der Waals surface area contributed by atoms with Gasteiger partial charge in [0.2, 0.25) is 21.8 Å². The van der Waals surface area contributed by atoms with Crippen molar-refractivity contribution in [1.29, 1.82) is 0 Å². The highest BCUT2D eigenvalue weighted by atomic mass is 32.2. The summed E-state index contributed by atoms with van der Waals surface area (Å²) < 4.78 is 25.7. The van der Waals surface area contributed by atoms with Crippen molar-refractivity contribution in [2.75, 3.05) is 17.5 Å². The monoisotopic (exact) mass is 470 g/mol. The maximum absolute atomic E-state index is 13.0. The molecule has 4 rings (SSSR count). The number of benzene rings is 2. The molecule has 3 amide bonds. The van der Waals surface area contributed by atoms with E-state index in [4.69, 9.17) is 0 Å². The van der Waals surface area contributed by atoms with Crippen LogP contribution in [0.3, 0.4) is 0 Å². The number of carbonyl (C=O) groups excluding carboxylic acids is 3. The lowest BCUT2D eigenvalue weighted by Crippen LogP contribution is -2.44. The SMILES string of the molecule is CC(NC(=O)CNC(=O)C1c2ccccc2C(=O)N1C1CC1)c1ccccc1NS(C)(=O)=O. The van der Waals surface area contributed by atoms with Crippen LogP contribution in [-0.4, -0.2) is 49.9 Å². The largest absolute Gasteiger partial charge is 0.348 e. The Morgan fingerprint density at radius 2 is 1.76 bits per heavy atom. The summed E-state index contributed by atoms with van der Waals surface area (Å²) in [4.78, 5) is 39.9. The van der Waals surface area contributed by atoms with Crippen molar-refractivity contribution in [1.82, 2.24) is 15.5 Å². The second-order valence-corrected chi connectivity index (χ2v) is 10.2. The molecule has 2 aliphatic rings. The molecule has 2 aromatic rings. The van der Waals surface area contributed by atoms with E-state index >= 15 is 0 Å². The first kappa shape index (κ1) is 22.8. The average molecular weight is 471 g/mol. The molecule has 2 aromatic carbocycles. The Labute approximate surface area is 192 Å². The fourth-order valence-corrected chi connectivity index (χ4v) is 4.72. The van der Waals surface area contributed by atoms with Gasteiger partial charge in [-0.2, -0.15) is 0 Å². The molecule has 1 aliphatic carbocycles. The Morgan fingerprint density at radius 3 is 2.45 bits per heavy atom. The molecule has 1 saturated carbocycles. The zero-order valence-corrected chi connectivity index (χ0v) is 19.2. The molecule has 0 radical (unpaired) electrons. The number of hydrogen-bond acceptors (Lipinski definition) is 5. The van der Waals surface area contributed by atoms with Gasteiger partial charge in [-0.05, 0) is 43.0 Å². The molecular weight excluding hydrogens is 444 g/mol. The van der Waals surface area contributed by atoms with Gasteiger partial charge in [-0.15, -0.1) is 0 Å². The second kappa shape index (κ2) is 8.86. The van der Waals surface area contributed by atoms with E-state index in [-0.39, 0.29) is 18.5 Å². The summed E-state index contributed by atoms with van der Waals surface area (Å²) in [6.07, 6.45) is 2.78. The minimum atomic E-state index is -3.48. The van der Waals surface area contributed by atoms with E-state index in [1.165, 1.54) is 0 Å². The summed E-state index contributed by atoms with van der Waals surface area (Å²) in [6.45, 7) is 1.46. The number of amides is 3. The Bertz CT molecular complexity index is 1210. The fourth-order valence-electron chi connectivity index (χ4n) is 4.13. The summed E-state index contributed by atoms with van der Waals surface area (Å²) in [5.41, 5.74) is 2.15. The molecule has 0 aromatic heterocycles. The Morgan fingerprint density at radius 1 is 1.09 bits per heavy atom. The molecule has 1 heterocycles. The van der Waals surface area contributed by atoms with Gasteiger partial charge in [0.05, 0.1) is 24.5 Å². The summed E-state index contributed by atoms with van der Waals surface area (Å²) in [5.74, 6) is -0.982. The molecule has 0 bridgehead atoms. The van der Waals surface area contributed by atoms with Gasteiger partial charge in [0, 0.05) is 11.6 Å². The zero-order chi connectivity index (χ0) is 23.8. The number of anilines is 1. The normalized spacial score (nSPS) is 18.4. The van der Waals surface area contributed by atoms with Gasteiger partial charge < -0.3 is 15.5 Å². The van der Waals surface area contributed by atoms with Gasteiger partial charge in [0.25, 0.3) is 5.91 Å². The van der Waals surface area contributed by atoms with Crippen LogP contribution in [0.5, 0.6) is 0 Å². The topological polar surface area (TPSA) is 125 Å². The van der Waals surface area contributed by atoms with Crippen molar-refractivity contribution in [2.45, 2.75) is 37.9 Å². The van der Waals surface area contributed by atoms with E-state index in [1.807, 2.05) is 0 Å². The molecule has 9 nitrogen and oxygen atoms in total. The quantitative estimate of drug-likeness (QED) is 0.542. The van der Waals surface area contributed by atoms with Crippen LogP contribution in [0, 0.1) is 0 Å². The third-order valence-corrected chi connectivity index (χ3v) is 6.30. The van der Waals surface area contributed by atoms with Crippen molar-refractivity contribution in [3.05, 3.63) is 65.2 Å². The second-order valence-electron chi connectivity index (χ2n) is 8.40. The molecule has 0 saturated heterocycles. The van der Waals surface area contributed by atoms with Gasteiger partial charge in [-0.1, -0.05) is 36.4 Å². The molecule has 2 unspecified atom stereocenters. The van der Waals surface area contributed by atoms with Crippen molar-refractivity contribution in [2.24, 2.45) is 0 Å². The van der Waals surface area contributed by atoms with Crippen LogP contribution in [0.2, 0.25) is 0 Å². The zero-order valence-electron chi connectivity index (χ0n) is 18.4. The first-order valence-electron chi connectivity index (χ1n) is 10.7. The maximum Gasteiger partial charge on any atom is 0.255 e. The number of nitrogens with zero attached hydrogens (tertiary/aromatic N) is 1. The lowest BCUT2D eigenvalue weighted by atomic mass is 10.0. The highest BCUT2D eigenvalue weighted by Crippen LogP contribution is 2.41. The van der Waals surface area contributed by atoms with Crippen LogP contribution in [0.15, 0.2) is 48.5 Å². The fraction of sp³-hybridized carbons (Fsp3) is 0.348. The average Bonchev–Trinajstić information content (AvgIpc) is 3.55. The first-order chi connectivity index (χ1) is 15.7. The van der Waals surface area contributed by atoms with Crippen molar-refractivity contribution < 1.29 is 22.8 Å². The van der Waals surface area contributed by atoms with E-state index in [0.717, 1.165) is 19.1 Å². The van der Waals surface area contributed by atoms with E-state index in [1.54, 1.807) is 60.4 Å². The summed E-state index contributed by atoms with van der Waals surface area (Å²) >= 11 is 0. The van der Waals surface area contributed by atoms with E-state index < -0.39 is 33.9 Å². The predicted molar refractivity (Wildman–Crippen MR) is 123 cm³/mol. The number of carbonyl (C=O) groups is 3. The number of rotatable bonds is 8. The van der Waals surface area contributed by atoms with Crippen molar-refractivity contribution >= 4 is 33.4 Å². The van der Waals surface area contributed by atoms with Gasteiger partial charge in [-0.3, -0.25) is 19.1 Å².